The van der Waals surface area contributed by atoms with Gasteiger partial charge < -0.3 is 94.8 Å². The van der Waals surface area contributed by atoms with Crippen LogP contribution in [-0.4, -0.2) is 246 Å². The Kier molecular flexibility index (Phi) is 28.8. The Morgan fingerprint density at radius 2 is 1.29 bits per heavy atom. The number of carbonyl (C=O) groups excluding carboxylic acids is 6. The molecular formula is C72H84N6O32S3. The van der Waals surface area contributed by atoms with Crippen molar-refractivity contribution in [3.8, 4) is 11.1 Å². The molecule has 0 bridgehead atoms. The van der Waals surface area contributed by atoms with E-state index in [0.29, 0.717) is 41.8 Å². The molecule has 6 aromatic rings. The number of hydrogen-bond donors (Lipinski definition) is 15. The summed E-state index contributed by atoms with van der Waals surface area (Å²) in [7, 11) is -15.8. The van der Waals surface area contributed by atoms with Gasteiger partial charge in [0.25, 0.3) is 47.7 Å². The van der Waals surface area contributed by atoms with Crippen molar-refractivity contribution in [1.82, 2.24) is 20.6 Å². The summed E-state index contributed by atoms with van der Waals surface area (Å²) in [6.45, 7) is -0.901. The van der Waals surface area contributed by atoms with Crippen LogP contribution in [0.25, 0.3) is 21.9 Å². The molecule has 1 aromatic heterocycles. The molecule has 4 fully saturated rings. The van der Waals surface area contributed by atoms with Crippen molar-refractivity contribution in [1.29, 1.82) is 0 Å². The zero-order valence-electron chi connectivity index (χ0n) is 60.1. The van der Waals surface area contributed by atoms with Crippen molar-refractivity contribution in [3.63, 3.8) is 0 Å². The maximum atomic E-state index is 14.6. The number of benzene rings is 5. The van der Waals surface area contributed by atoms with E-state index < -0.39 is 231 Å². The fourth-order valence-electron chi connectivity index (χ4n) is 13.8. The lowest BCUT2D eigenvalue weighted by Gasteiger charge is -2.49. The third-order valence-electron chi connectivity index (χ3n) is 19.4. The second kappa shape index (κ2) is 37.8. The number of aliphatic carboxylic acids is 1. The van der Waals surface area contributed by atoms with Crippen LogP contribution in [0.4, 0.5) is 11.4 Å². The summed E-state index contributed by atoms with van der Waals surface area (Å²) in [5.74, 6) is -7.41. The first kappa shape index (κ1) is 86.2. The predicted octanol–water partition coefficient (Wildman–Crippen LogP) is 1.23. The quantitative estimate of drug-likeness (QED) is 0.0156. The summed E-state index contributed by atoms with van der Waals surface area (Å²) in [5.41, 5.74) is -1.59. The molecule has 4 amide bonds. The third-order valence-corrected chi connectivity index (χ3v) is 22.1. The smallest absolute Gasteiger partial charge is 0.338 e. The van der Waals surface area contributed by atoms with E-state index in [1.54, 1.807) is 30.3 Å². The number of esters is 1. The second-order valence-electron chi connectivity index (χ2n) is 27.4. The minimum absolute atomic E-state index is 0.00351. The lowest BCUT2D eigenvalue weighted by molar-refractivity contribution is -0.347. The molecule has 2 saturated carbocycles. The average molecular weight is 1640 g/mol. The number of hydrogen-bond acceptors (Lipinski definition) is 28. The lowest BCUT2D eigenvalue weighted by atomic mass is 9.78. The van der Waals surface area contributed by atoms with Crippen LogP contribution in [0, 0.1) is 11.8 Å². The number of carbonyl (C=O) groups is 7. The minimum Gasteiger partial charge on any atom is -0.479 e. The minimum atomic E-state index is -5.39. The Hall–Kier alpha value is -9.22. The molecule has 0 spiro atoms. The molecule has 15 atom stereocenters. The number of carboxylic acid groups (broad SMARTS) is 1. The molecule has 10 rings (SSSR count). The standard InChI is InChI=1S/C72H84N6O32S3/c1-36-59(84)61(86)62(87)70(105-36)110-63-47(76-67(89)48-32-55(81)78-72(93)77-48)28-42(29-50(63)107-71-65(109-69(92)41-11-6-3-7-12-41)64(60(85)52(33-79)108-71)106-51(68(90)91)27-37-9-4-2-5-10-37)49(80)13-8-24-73-56(82)34-103-25-26-104-35-57(83)74-43-20-18-39(19-21-43)38-14-16-40(17-15-38)66(88)75-46-22-23-53(112(97,98)99)45-30-44(111(94,95)96)31-54(58(45)46)113(100,101)102/h3,6-7,11-12,14-23,30-32,36-37,42,47,50-52,59-65,70-71,79,84-87H,2,4-5,8-10,13,24-29,33-35H2,1H3,(H,73,82)(H,74,83)(H,75,88)(H,76,89)(H,90,91)(H,94,95,96)(H,97,98,99)(H,100,101,102)(H2,77,78,81,93)/t36?,42?,47?,50?,51-,52?,59?,60?,61?,62?,63?,64?,65?,70?,71?/m0/s1. The van der Waals surface area contributed by atoms with E-state index in [1.165, 1.54) is 55.5 Å². The zero-order chi connectivity index (χ0) is 81.8. The van der Waals surface area contributed by atoms with Gasteiger partial charge in [-0.05, 0) is 110 Å². The van der Waals surface area contributed by atoms with E-state index >= 15 is 0 Å². The molecule has 0 radical (unpaired) electrons. The number of amides is 4. The first-order chi connectivity index (χ1) is 53.5. The van der Waals surface area contributed by atoms with Crippen molar-refractivity contribution in [2.75, 3.05) is 50.2 Å². The van der Waals surface area contributed by atoms with E-state index in [1.807, 2.05) is 4.98 Å². The van der Waals surface area contributed by atoms with Crippen LogP contribution in [0.2, 0.25) is 0 Å². The number of Topliss-reactive ketones (excluding diaryl/α,β-unsaturated/α-hetero) is 1. The molecule has 3 heterocycles. The number of ether oxygens (including phenoxy) is 8. The number of ketones is 1. The monoisotopic (exact) mass is 1640 g/mol. The highest BCUT2D eigenvalue weighted by atomic mass is 32.2. The molecule has 41 heteroatoms. The Bertz CT molecular complexity index is 4890. The van der Waals surface area contributed by atoms with Crippen molar-refractivity contribution in [3.05, 3.63) is 147 Å². The molecule has 2 aliphatic carbocycles. The van der Waals surface area contributed by atoms with Gasteiger partial charge in [0.1, 0.15) is 77.2 Å². The second-order valence-corrected chi connectivity index (χ2v) is 31.6. The Balaban J connectivity index is 0.751. The van der Waals surface area contributed by atoms with Gasteiger partial charge in [0, 0.05) is 47.0 Å². The zero-order valence-corrected chi connectivity index (χ0v) is 62.5. The average Bonchev–Trinajstić information content (AvgIpc) is 0.739. The number of rotatable bonds is 33. The number of aromatic nitrogens is 2. The lowest BCUT2D eigenvalue weighted by Crippen LogP contribution is -2.65. The molecule has 612 valence electrons. The third kappa shape index (κ3) is 22.4. The summed E-state index contributed by atoms with van der Waals surface area (Å²) < 4.78 is 151. The molecule has 5 aromatic carbocycles. The van der Waals surface area contributed by atoms with Crippen LogP contribution in [-0.2, 0) is 87.4 Å². The number of carboxylic acids is 1. The van der Waals surface area contributed by atoms with Gasteiger partial charge in [-0.1, -0.05) is 74.6 Å². The number of anilines is 2. The molecule has 15 N–H and O–H groups in total. The summed E-state index contributed by atoms with van der Waals surface area (Å²) in [6.07, 6.45) is -19.8. The van der Waals surface area contributed by atoms with Crippen molar-refractivity contribution in [2.24, 2.45) is 11.8 Å². The highest BCUT2D eigenvalue weighted by Gasteiger charge is 2.55. The Labute approximate surface area is 644 Å². The topological polar surface area (TPSA) is 592 Å². The van der Waals surface area contributed by atoms with E-state index in [2.05, 4.69) is 26.3 Å². The van der Waals surface area contributed by atoms with Gasteiger partial charge in [-0.15, -0.1) is 0 Å². The summed E-state index contributed by atoms with van der Waals surface area (Å²) in [6, 6.07) is 21.4. The van der Waals surface area contributed by atoms with Gasteiger partial charge in [-0.3, -0.25) is 47.4 Å². The van der Waals surface area contributed by atoms with Crippen molar-refractivity contribution >= 4 is 93.9 Å². The Morgan fingerprint density at radius 3 is 1.92 bits per heavy atom. The molecular weight excluding hydrogens is 1560 g/mol. The van der Waals surface area contributed by atoms with E-state index in [0.717, 1.165) is 37.5 Å². The van der Waals surface area contributed by atoms with Crippen molar-refractivity contribution in [2.45, 2.75) is 172 Å². The number of H-pyrrole nitrogens is 2. The molecule has 4 aliphatic rings. The highest BCUT2D eigenvalue weighted by Crippen LogP contribution is 2.41. The SMILES string of the molecule is CC1OC(OC2C(NC(=O)c3cc(=O)[nH]c(=O)[nH]3)CC(C(=O)CCCNC(=O)COCCOCC(=O)Nc3ccc(-c4ccc(C(=O)Nc5ccc(S(=O)(=O)O)c6cc(S(=O)(=O)O)cc(S(=O)(=O)O)c56)cc4)cc3)CC2OC2OC(CO)C(O)C(O[C@@H](CC3CCCCC3)C(=O)O)C2OC(=O)c2ccccc2)C(O)C(O)C1O. The van der Waals surface area contributed by atoms with E-state index in [-0.39, 0.29) is 68.9 Å². The first-order valence-corrected chi connectivity index (χ1v) is 39.9. The number of fused-ring (bicyclic) bond motifs is 1. The fraction of sp³-hybridized carbons (Fsp3) is 0.458. The summed E-state index contributed by atoms with van der Waals surface area (Å²) in [4.78, 5) is 121. The fourth-order valence-corrected chi connectivity index (χ4v) is 15.8. The highest BCUT2D eigenvalue weighted by molar-refractivity contribution is 7.87. The molecule has 113 heavy (non-hydrogen) atoms. The van der Waals surface area contributed by atoms with Crippen LogP contribution in [0.5, 0.6) is 0 Å². The largest absolute Gasteiger partial charge is 0.479 e. The van der Waals surface area contributed by atoms with Crippen LogP contribution >= 0.6 is 0 Å². The molecule has 14 unspecified atom stereocenters. The van der Waals surface area contributed by atoms with E-state index in [4.69, 9.17) is 37.9 Å². The molecule has 2 aliphatic heterocycles. The van der Waals surface area contributed by atoms with Gasteiger partial charge in [0.2, 0.25) is 11.8 Å². The van der Waals surface area contributed by atoms with Gasteiger partial charge in [-0.25, -0.2) is 14.4 Å². The number of nitrogens with one attached hydrogen (secondary N) is 6. The van der Waals surface area contributed by atoms with E-state index in [9.17, 15) is 113 Å². The van der Waals surface area contributed by atoms with Crippen molar-refractivity contribution < 1.29 is 141 Å². The van der Waals surface area contributed by atoms with Gasteiger partial charge >= 0.3 is 17.6 Å². The Morgan fingerprint density at radius 1 is 0.637 bits per heavy atom. The number of aliphatic hydroxyl groups is 5. The van der Waals surface area contributed by atoms with Gasteiger partial charge in [0.15, 0.2) is 24.8 Å². The maximum absolute atomic E-state index is 14.6. The van der Waals surface area contributed by atoms with Gasteiger partial charge in [-0.2, -0.15) is 25.3 Å². The van der Waals surface area contributed by atoms with Crippen LogP contribution in [0.15, 0.2) is 133 Å². The first-order valence-electron chi connectivity index (χ1n) is 35.6. The number of aromatic amines is 2. The normalized spacial score (nSPS) is 24.6. The van der Waals surface area contributed by atoms with Crippen LogP contribution in [0.3, 0.4) is 0 Å². The molecule has 38 nitrogen and oxygen atoms in total. The van der Waals surface area contributed by atoms with Crippen LogP contribution < -0.4 is 32.5 Å². The van der Waals surface area contributed by atoms with Gasteiger partial charge in [0.05, 0.1) is 54.2 Å². The summed E-state index contributed by atoms with van der Waals surface area (Å²) >= 11 is 0. The predicted molar refractivity (Wildman–Crippen MR) is 389 cm³/mol. The maximum Gasteiger partial charge on any atom is 0.338 e. The molecule has 2 saturated heterocycles. The summed E-state index contributed by atoms with van der Waals surface area (Å²) in [5, 5.41) is 75.0. The number of aliphatic hydroxyl groups excluding tert-OH is 5. The van der Waals surface area contributed by atoms with Crippen LogP contribution in [0.1, 0.15) is 102 Å².